The van der Waals surface area contributed by atoms with Crippen molar-refractivity contribution >= 4 is 17.7 Å². The lowest BCUT2D eigenvalue weighted by molar-refractivity contribution is 0.584. The summed E-state index contributed by atoms with van der Waals surface area (Å²) in [5, 5.41) is 0.385. The molecular weight excluding hydrogens is 246 g/mol. The maximum absolute atomic E-state index is 13.5. The summed E-state index contributed by atoms with van der Waals surface area (Å²) in [7, 11) is 0. The average molecular weight is 254 g/mol. The van der Waals surface area contributed by atoms with Crippen LogP contribution in [0, 0.1) is 11.6 Å². The Labute approximate surface area is 100 Å². The van der Waals surface area contributed by atoms with Gasteiger partial charge in [0.05, 0.1) is 5.56 Å². The summed E-state index contributed by atoms with van der Waals surface area (Å²) in [4.78, 5) is 11.7. The topological polar surface area (TPSA) is 64.7 Å². The summed E-state index contributed by atoms with van der Waals surface area (Å²) in [5.41, 5.74) is 5.57. The first-order valence-corrected chi connectivity index (χ1v) is 5.83. The van der Waals surface area contributed by atoms with Crippen molar-refractivity contribution in [2.75, 3.05) is 12.0 Å². The number of nitrogens with two attached hydrogens (primary N) is 1. The molecule has 4 nitrogen and oxygen atoms in total. The summed E-state index contributed by atoms with van der Waals surface area (Å²) in [5.74, 6) is -1.29. The maximum Gasteiger partial charge on any atom is 0.224 e. The van der Waals surface area contributed by atoms with Crippen LogP contribution in [0.3, 0.4) is 0 Å². The molecule has 0 atom stereocenters. The number of benzene rings is 1. The van der Waals surface area contributed by atoms with Crippen LogP contribution in [0.1, 0.15) is 0 Å². The summed E-state index contributed by atoms with van der Waals surface area (Å²) in [6.07, 6.45) is 1.76. The number of hydrogen-bond donors (Lipinski definition) is 1. The van der Waals surface area contributed by atoms with Crippen molar-refractivity contribution in [2.45, 2.75) is 5.16 Å². The molecule has 1 heterocycles. The second kappa shape index (κ2) is 4.62. The molecule has 2 aromatic rings. The summed E-state index contributed by atoms with van der Waals surface area (Å²) < 4.78 is 26.3. The quantitative estimate of drug-likeness (QED) is 0.831. The standard InChI is InChI=1S/C10H8F2N4S/c1-17-10-15-8(14-9(13)16-10)6-3-2-5(11)4-7(6)12/h2-4H,1H3,(H2,13,14,15,16). The van der Waals surface area contributed by atoms with Crippen LogP contribution in [0.5, 0.6) is 0 Å². The molecule has 0 spiro atoms. The van der Waals surface area contributed by atoms with E-state index >= 15 is 0 Å². The van der Waals surface area contributed by atoms with E-state index in [0.717, 1.165) is 12.1 Å². The molecule has 0 amide bonds. The second-order valence-electron chi connectivity index (χ2n) is 3.13. The summed E-state index contributed by atoms with van der Waals surface area (Å²) in [6, 6.07) is 3.18. The Morgan fingerprint density at radius 2 is 1.94 bits per heavy atom. The molecule has 0 bridgehead atoms. The van der Waals surface area contributed by atoms with Crippen LogP contribution >= 0.6 is 11.8 Å². The lowest BCUT2D eigenvalue weighted by atomic mass is 10.2. The Hall–Kier alpha value is -1.76. The van der Waals surface area contributed by atoms with E-state index in [1.54, 1.807) is 6.26 Å². The predicted molar refractivity (Wildman–Crippen MR) is 61.4 cm³/mol. The zero-order valence-corrected chi connectivity index (χ0v) is 9.63. The van der Waals surface area contributed by atoms with Gasteiger partial charge < -0.3 is 5.73 Å². The van der Waals surface area contributed by atoms with Gasteiger partial charge in [0.1, 0.15) is 11.6 Å². The number of nitrogens with zero attached hydrogens (tertiary/aromatic N) is 3. The minimum absolute atomic E-state index is 0.00285. The first-order valence-electron chi connectivity index (χ1n) is 4.61. The van der Waals surface area contributed by atoms with Crippen molar-refractivity contribution in [3.05, 3.63) is 29.8 Å². The minimum atomic E-state index is -0.734. The van der Waals surface area contributed by atoms with Crippen molar-refractivity contribution in [1.82, 2.24) is 15.0 Å². The fraction of sp³-hybridized carbons (Fsp3) is 0.100. The highest BCUT2D eigenvalue weighted by Crippen LogP contribution is 2.22. The number of hydrogen-bond acceptors (Lipinski definition) is 5. The van der Waals surface area contributed by atoms with E-state index in [2.05, 4.69) is 15.0 Å². The summed E-state index contributed by atoms with van der Waals surface area (Å²) >= 11 is 1.26. The highest BCUT2D eigenvalue weighted by Gasteiger charge is 2.11. The van der Waals surface area contributed by atoms with E-state index in [1.807, 2.05) is 0 Å². The zero-order chi connectivity index (χ0) is 12.4. The highest BCUT2D eigenvalue weighted by atomic mass is 32.2. The maximum atomic E-state index is 13.5. The highest BCUT2D eigenvalue weighted by molar-refractivity contribution is 7.98. The largest absolute Gasteiger partial charge is 0.368 e. The van der Waals surface area contributed by atoms with Crippen LogP contribution < -0.4 is 5.73 Å². The van der Waals surface area contributed by atoms with Gasteiger partial charge in [0.25, 0.3) is 0 Å². The van der Waals surface area contributed by atoms with Crippen LogP contribution in [0.2, 0.25) is 0 Å². The predicted octanol–water partition coefficient (Wildman–Crippen LogP) is 2.12. The lowest BCUT2D eigenvalue weighted by Gasteiger charge is -2.04. The molecule has 0 radical (unpaired) electrons. The van der Waals surface area contributed by atoms with Gasteiger partial charge >= 0.3 is 0 Å². The molecule has 0 aliphatic heterocycles. The molecule has 2 N–H and O–H groups in total. The third-order valence-corrected chi connectivity index (χ3v) is 2.53. The average Bonchev–Trinajstić information content (AvgIpc) is 2.28. The second-order valence-corrected chi connectivity index (χ2v) is 3.90. The number of nitrogen functional groups attached to an aromatic ring is 1. The smallest absolute Gasteiger partial charge is 0.224 e. The molecule has 0 aliphatic rings. The van der Waals surface area contributed by atoms with E-state index in [9.17, 15) is 8.78 Å². The van der Waals surface area contributed by atoms with Crippen LogP contribution in [0.15, 0.2) is 23.4 Å². The van der Waals surface area contributed by atoms with Gasteiger partial charge in [0, 0.05) is 6.07 Å². The van der Waals surface area contributed by atoms with Crippen molar-refractivity contribution in [2.24, 2.45) is 0 Å². The number of anilines is 1. The number of thioether (sulfide) groups is 1. The normalized spacial score (nSPS) is 10.5. The van der Waals surface area contributed by atoms with E-state index in [4.69, 9.17) is 5.73 Å². The molecule has 1 aromatic heterocycles. The molecule has 0 fully saturated rings. The van der Waals surface area contributed by atoms with Gasteiger partial charge in [-0.05, 0) is 18.4 Å². The van der Waals surface area contributed by atoms with Crippen molar-refractivity contribution in [3.63, 3.8) is 0 Å². The molecule has 1 aromatic carbocycles. The van der Waals surface area contributed by atoms with E-state index in [1.165, 1.54) is 17.8 Å². The molecule has 0 unspecified atom stereocenters. The first kappa shape index (κ1) is 11.7. The van der Waals surface area contributed by atoms with Crippen molar-refractivity contribution in [1.29, 1.82) is 0 Å². The molecule has 0 aliphatic carbocycles. The molecule has 88 valence electrons. The summed E-state index contributed by atoms with van der Waals surface area (Å²) in [6.45, 7) is 0. The molecule has 2 rings (SSSR count). The Kier molecular flexibility index (Phi) is 3.19. The molecular formula is C10H8F2N4S. The van der Waals surface area contributed by atoms with E-state index < -0.39 is 11.6 Å². The van der Waals surface area contributed by atoms with Crippen LogP contribution in [-0.2, 0) is 0 Å². The lowest BCUT2D eigenvalue weighted by Crippen LogP contribution is -2.02. The van der Waals surface area contributed by atoms with Gasteiger partial charge in [-0.2, -0.15) is 9.97 Å². The molecule has 7 heteroatoms. The van der Waals surface area contributed by atoms with Gasteiger partial charge in [-0.1, -0.05) is 11.8 Å². The van der Waals surface area contributed by atoms with Gasteiger partial charge in [0.15, 0.2) is 11.0 Å². The van der Waals surface area contributed by atoms with Crippen molar-refractivity contribution < 1.29 is 8.78 Å². The van der Waals surface area contributed by atoms with Gasteiger partial charge in [-0.15, -0.1) is 0 Å². The minimum Gasteiger partial charge on any atom is -0.368 e. The third kappa shape index (κ3) is 2.50. The monoisotopic (exact) mass is 254 g/mol. The van der Waals surface area contributed by atoms with E-state index in [0.29, 0.717) is 5.16 Å². The Morgan fingerprint density at radius 1 is 1.18 bits per heavy atom. The first-order chi connectivity index (χ1) is 8.10. The van der Waals surface area contributed by atoms with Crippen molar-refractivity contribution in [3.8, 4) is 11.4 Å². The van der Waals surface area contributed by atoms with Gasteiger partial charge in [0.2, 0.25) is 5.95 Å². The molecule has 0 saturated heterocycles. The number of aromatic nitrogens is 3. The number of halogens is 2. The van der Waals surface area contributed by atoms with Crippen LogP contribution in [-0.4, -0.2) is 21.2 Å². The Bertz CT molecular complexity index is 562. The third-order valence-electron chi connectivity index (χ3n) is 1.99. The SMILES string of the molecule is CSc1nc(N)nc(-c2ccc(F)cc2F)n1. The Morgan fingerprint density at radius 3 is 2.59 bits per heavy atom. The zero-order valence-electron chi connectivity index (χ0n) is 8.82. The van der Waals surface area contributed by atoms with Gasteiger partial charge in [-0.3, -0.25) is 0 Å². The Balaban J connectivity index is 2.55. The number of rotatable bonds is 2. The molecule has 17 heavy (non-hydrogen) atoms. The van der Waals surface area contributed by atoms with Crippen LogP contribution in [0.25, 0.3) is 11.4 Å². The van der Waals surface area contributed by atoms with Crippen LogP contribution in [0.4, 0.5) is 14.7 Å². The fourth-order valence-electron chi connectivity index (χ4n) is 1.25. The molecule has 0 saturated carbocycles. The fourth-order valence-corrected chi connectivity index (χ4v) is 1.62. The van der Waals surface area contributed by atoms with E-state index in [-0.39, 0.29) is 17.3 Å². The van der Waals surface area contributed by atoms with Gasteiger partial charge in [-0.25, -0.2) is 13.8 Å².